The first-order chi connectivity index (χ1) is 11.5. The number of alkyl halides is 3. The fourth-order valence-corrected chi connectivity index (χ4v) is 5.26. The van der Waals surface area contributed by atoms with Crippen LogP contribution >= 0.6 is 33.9 Å². The number of halogens is 4. The van der Waals surface area contributed by atoms with E-state index in [0.29, 0.717) is 14.8 Å². The van der Waals surface area contributed by atoms with Crippen molar-refractivity contribution in [2.45, 2.75) is 25.1 Å². The molecule has 2 aromatic rings. The summed E-state index contributed by atoms with van der Waals surface area (Å²) in [5.41, 5.74) is 0.840. The van der Waals surface area contributed by atoms with Crippen molar-refractivity contribution in [3.05, 3.63) is 26.6 Å². The van der Waals surface area contributed by atoms with Crippen LogP contribution in [0.2, 0.25) is 0 Å². The lowest BCUT2D eigenvalue weighted by atomic mass is 9.94. The predicted octanol–water partition coefficient (Wildman–Crippen LogP) is 4.70. The van der Waals surface area contributed by atoms with E-state index in [1.165, 1.54) is 11.3 Å². The highest BCUT2D eigenvalue weighted by Crippen LogP contribution is 2.43. The van der Waals surface area contributed by atoms with Gasteiger partial charge in [-0.2, -0.15) is 5.26 Å². The van der Waals surface area contributed by atoms with Crippen LogP contribution in [0.4, 0.5) is 18.9 Å². The summed E-state index contributed by atoms with van der Waals surface area (Å²) in [6.07, 6.45) is -4.53. The summed E-state index contributed by atoms with van der Waals surface area (Å²) in [5.74, 6) is -0.164. The van der Waals surface area contributed by atoms with Gasteiger partial charge in [-0.25, -0.2) is 13.2 Å². The number of hydrogen-bond acceptors (Lipinski definition) is 4. The Morgan fingerprint density at radius 3 is 2.88 bits per heavy atom. The summed E-state index contributed by atoms with van der Waals surface area (Å²) in [6.45, 7) is 1.44. The molecule has 0 spiro atoms. The maximum absolute atomic E-state index is 14.0. The van der Waals surface area contributed by atoms with Crippen molar-refractivity contribution < 1.29 is 13.2 Å². The Hall–Kier alpha value is -1.05. The molecule has 3 rings (SSSR count). The van der Waals surface area contributed by atoms with Gasteiger partial charge in [-0.15, -0.1) is 11.3 Å². The summed E-state index contributed by atoms with van der Waals surface area (Å²) in [5, 5.41) is 16.3. The van der Waals surface area contributed by atoms with Gasteiger partial charge in [-0.3, -0.25) is 0 Å². The Morgan fingerprint density at radius 1 is 1.38 bits per heavy atom. The fraction of sp³-hybridized carbons (Fsp3) is 0.438. The second-order valence-electron chi connectivity index (χ2n) is 5.69. The summed E-state index contributed by atoms with van der Waals surface area (Å²) < 4.78 is 40.9. The first-order valence-corrected chi connectivity index (χ1v) is 9.42. The van der Waals surface area contributed by atoms with Crippen LogP contribution in [-0.2, 0) is 0 Å². The molecule has 2 N–H and O–H groups in total. The van der Waals surface area contributed by atoms with E-state index in [0.717, 1.165) is 23.4 Å². The second kappa shape index (κ2) is 7.45. The Kier molecular flexibility index (Phi) is 5.52. The number of nitriles is 1. The molecular weight excluding hydrogens is 450 g/mol. The van der Waals surface area contributed by atoms with Crippen molar-refractivity contribution in [1.82, 2.24) is 5.32 Å². The van der Waals surface area contributed by atoms with Gasteiger partial charge in [0.1, 0.15) is 0 Å². The van der Waals surface area contributed by atoms with E-state index in [2.05, 4.69) is 16.7 Å². The van der Waals surface area contributed by atoms with Crippen molar-refractivity contribution >= 4 is 49.7 Å². The molecule has 3 unspecified atom stereocenters. The fourth-order valence-electron chi connectivity index (χ4n) is 2.97. The number of rotatable bonds is 4. The normalized spacial score (nSPS) is 22.5. The number of hydrogen-bond donors (Lipinski definition) is 2. The maximum Gasteiger partial charge on any atom is 0.273 e. The highest BCUT2D eigenvalue weighted by molar-refractivity contribution is 14.1. The van der Waals surface area contributed by atoms with E-state index >= 15 is 0 Å². The highest BCUT2D eigenvalue weighted by Gasteiger charge is 2.29. The smallest absolute Gasteiger partial charge is 0.273 e. The van der Waals surface area contributed by atoms with Crippen LogP contribution in [0.1, 0.15) is 18.2 Å². The number of fused-ring (bicyclic) bond motifs is 1. The van der Waals surface area contributed by atoms with Crippen LogP contribution in [0, 0.1) is 20.1 Å². The van der Waals surface area contributed by atoms with Gasteiger partial charge < -0.3 is 10.6 Å². The van der Waals surface area contributed by atoms with Gasteiger partial charge in [0.05, 0.1) is 25.3 Å². The number of thiophene rings is 1. The Labute approximate surface area is 155 Å². The summed E-state index contributed by atoms with van der Waals surface area (Å²) in [4.78, 5) is 0. The molecule has 1 fully saturated rings. The zero-order valence-corrected chi connectivity index (χ0v) is 15.5. The van der Waals surface area contributed by atoms with Crippen molar-refractivity contribution in [2.75, 3.05) is 18.4 Å². The van der Waals surface area contributed by atoms with E-state index in [-0.39, 0.29) is 17.5 Å². The number of nitrogens with zero attached hydrogens (tertiary/aromatic N) is 1. The van der Waals surface area contributed by atoms with Crippen LogP contribution in [0.5, 0.6) is 0 Å². The van der Waals surface area contributed by atoms with Crippen LogP contribution in [0.3, 0.4) is 0 Å². The van der Waals surface area contributed by atoms with Crippen LogP contribution in [-0.4, -0.2) is 25.6 Å². The third-order valence-electron chi connectivity index (χ3n) is 4.19. The highest BCUT2D eigenvalue weighted by atomic mass is 127. The lowest BCUT2D eigenvalue weighted by Crippen LogP contribution is -2.43. The molecule has 3 nitrogen and oxygen atoms in total. The molecule has 0 bridgehead atoms. The molecule has 1 aliphatic heterocycles. The molecule has 0 aliphatic carbocycles. The van der Waals surface area contributed by atoms with Gasteiger partial charge in [0, 0.05) is 23.5 Å². The maximum atomic E-state index is 14.0. The van der Waals surface area contributed by atoms with Crippen molar-refractivity contribution in [3.8, 4) is 6.07 Å². The largest absolute Gasteiger partial charge is 0.380 e. The van der Waals surface area contributed by atoms with Crippen LogP contribution in [0.25, 0.3) is 10.1 Å². The van der Waals surface area contributed by atoms with Gasteiger partial charge in [0.15, 0.2) is 6.17 Å². The third-order valence-corrected chi connectivity index (χ3v) is 6.48. The van der Waals surface area contributed by atoms with Gasteiger partial charge in [-0.05, 0) is 41.6 Å². The van der Waals surface area contributed by atoms with Crippen molar-refractivity contribution in [1.29, 1.82) is 5.26 Å². The molecule has 24 heavy (non-hydrogen) atoms. The molecule has 1 aromatic carbocycles. The molecule has 1 aliphatic rings. The lowest BCUT2D eigenvalue weighted by Gasteiger charge is -2.29. The van der Waals surface area contributed by atoms with Crippen LogP contribution < -0.4 is 10.6 Å². The predicted molar refractivity (Wildman–Crippen MR) is 98.4 cm³/mol. The molecule has 0 amide bonds. The third kappa shape index (κ3) is 3.34. The zero-order chi connectivity index (χ0) is 17.3. The van der Waals surface area contributed by atoms with E-state index < -0.39 is 12.6 Å². The monoisotopic (exact) mass is 465 g/mol. The van der Waals surface area contributed by atoms with Crippen LogP contribution in [0.15, 0.2) is 18.2 Å². The van der Waals surface area contributed by atoms with Gasteiger partial charge >= 0.3 is 0 Å². The Morgan fingerprint density at radius 2 is 2.17 bits per heavy atom. The van der Waals surface area contributed by atoms with E-state index in [1.807, 2.05) is 28.7 Å². The average Bonchev–Trinajstić information content (AvgIpc) is 2.91. The minimum absolute atomic E-state index is 0.0127. The first-order valence-electron chi connectivity index (χ1n) is 7.53. The van der Waals surface area contributed by atoms with Gasteiger partial charge in [-0.1, -0.05) is 12.1 Å². The zero-order valence-electron chi connectivity index (χ0n) is 12.5. The van der Waals surface area contributed by atoms with Crippen molar-refractivity contribution in [3.63, 3.8) is 0 Å². The summed E-state index contributed by atoms with van der Waals surface area (Å²) in [6, 6.07) is 7.54. The summed E-state index contributed by atoms with van der Waals surface area (Å²) in [7, 11) is 0. The Bertz CT molecular complexity index is 774. The lowest BCUT2D eigenvalue weighted by molar-refractivity contribution is 0.0501. The number of benzene rings is 1. The Balaban J connectivity index is 1.98. The minimum Gasteiger partial charge on any atom is -0.380 e. The van der Waals surface area contributed by atoms with Gasteiger partial charge in [0.2, 0.25) is 0 Å². The quantitative estimate of drug-likeness (QED) is 0.645. The molecule has 0 radical (unpaired) electrons. The number of piperidine rings is 1. The van der Waals surface area contributed by atoms with E-state index in [4.69, 9.17) is 0 Å². The first kappa shape index (κ1) is 17.8. The second-order valence-corrected chi connectivity index (χ2v) is 8.52. The molecule has 1 aromatic heterocycles. The van der Waals surface area contributed by atoms with Gasteiger partial charge in [0.25, 0.3) is 6.43 Å². The van der Waals surface area contributed by atoms with E-state index in [1.54, 1.807) is 12.1 Å². The van der Waals surface area contributed by atoms with Crippen molar-refractivity contribution in [2.24, 2.45) is 5.92 Å². The molecular formula is C16H15F3IN3S. The molecule has 8 heteroatoms. The number of anilines is 1. The SMILES string of the molecule is N#CC1CNCCC1Nc1cccc2c(C(F)C(F)F)c(I)sc12. The average molecular weight is 465 g/mol. The molecule has 3 atom stereocenters. The minimum atomic E-state index is -3.04. The molecule has 2 heterocycles. The topological polar surface area (TPSA) is 47.9 Å². The standard InChI is InChI=1S/C16H15F3IN3S/c17-13(15(18)19)12-9-2-1-3-11(14(9)24-16(12)20)23-10-4-5-22-7-8(10)6-21/h1-3,8,10,13,15,22-23H,4-5,7H2. The summed E-state index contributed by atoms with van der Waals surface area (Å²) >= 11 is 3.22. The molecule has 0 saturated carbocycles. The molecule has 128 valence electrons. The number of nitrogens with one attached hydrogen (secondary N) is 2. The molecule has 1 saturated heterocycles. The van der Waals surface area contributed by atoms with E-state index in [9.17, 15) is 18.4 Å².